The Kier molecular flexibility index (Phi) is 1370000. The number of hydrogen-bond donors (Lipinski definition) is 0. The van der Waals surface area contributed by atoms with E-state index in [1.54, 1.807) is 0 Å². The summed E-state index contributed by atoms with van der Waals surface area (Å²) < 4.78 is 0. The van der Waals surface area contributed by atoms with Gasteiger partial charge in [0.1, 0.15) is 0 Å². The van der Waals surface area contributed by atoms with Crippen molar-refractivity contribution < 1.29 is 49.3 Å². The maximum absolute atomic E-state index is 0. The summed E-state index contributed by atoms with van der Waals surface area (Å²) in [4.78, 5) is 0. The van der Waals surface area contributed by atoms with Gasteiger partial charge < -0.3 is 28.2 Å². The van der Waals surface area contributed by atoms with Crippen LogP contribution in [0.5, 0.6) is 0 Å². The Morgan fingerprint density at radius 3 is 0.286 bits per heavy atom. The molecule has 0 aromatic carbocycles. The summed E-state index contributed by atoms with van der Waals surface area (Å²) in [6.07, 6.45) is 0. The SMILES string of the molecule is [F-].[F-].[F-].[F-].[F-].[F-].[Mo+6]. The quantitative estimate of drug-likeness (QED) is 0.275. The molecule has 0 aliphatic rings. The van der Waals surface area contributed by atoms with Crippen LogP contribution in [0.25, 0.3) is 0 Å². The maximum Gasteiger partial charge on any atom is 6.00 e. The summed E-state index contributed by atoms with van der Waals surface area (Å²) in [5.74, 6) is 0. The van der Waals surface area contributed by atoms with Gasteiger partial charge in [-0.1, -0.05) is 0 Å². The van der Waals surface area contributed by atoms with Crippen LogP contribution >= 0.6 is 0 Å². The molecule has 48 valence electrons. The van der Waals surface area contributed by atoms with Crippen molar-refractivity contribution in [2.45, 2.75) is 0 Å². The van der Waals surface area contributed by atoms with E-state index in [4.69, 9.17) is 0 Å². The largest absolute Gasteiger partial charge is 6.00 e. The topological polar surface area (TPSA) is 0 Å². The van der Waals surface area contributed by atoms with Gasteiger partial charge in [0.2, 0.25) is 0 Å². The summed E-state index contributed by atoms with van der Waals surface area (Å²) in [6, 6.07) is 0. The zero-order valence-electron chi connectivity index (χ0n) is 2.68. The van der Waals surface area contributed by atoms with Crippen molar-refractivity contribution in [1.29, 1.82) is 0 Å². The molecule has 0 fully saturated rings. The smallest absolute Gasteiger partial charge is 1.00 e. The van der Waals surface area contributed by atoms with E-state index >= 15 is 0 Å². The fraction of sp³-hybridized carbons (Fsp3) is 0. The molecule has 0 N–H and O–H groups in total. The zero-order valence-corrected chi connectivity index (χ0v) is 4.68. The minimum Gasteiger partial charge on any atom is -1.00 e. The van der Waals surface area contributed by atoms with E-state index in [-0.39, 0.29) is 49.3 Å². The van der Waals surface area contributed by atoms with Gasteiger partial charge in [-0.15, -0.1) is 0 Å². The van der Waals surface area contributed by atoms with Crippen LogP contribution in [0, 0.1) is 0 Å². The van der Waals surface area contributed by atoms with Gasteiger partial charge in [0.05, 0.1) is 0 Å². The molecule has 7 heavy (non-hydrogen) atoms. The molecule has 0 saturated carbocycles. The van der Waals surface area contributed by atoms with E-state index in [2.05, 4.69) is 0 Å². The van der Waals surface area contributed by atoms with Crippen LogP contribution in [-0.4, -0.2) is 0 Å². The number of hydrogen-bond acceptors (Lipinski definition) is 0. The fourth-order valence-corrected chi connectivity index (χ4v) is 0. The van der Waals surface area contributed by atoms with Crippen molar-refractivity contribution in [3.05, 3.63) is 0 Å². The third-order valence-electron chi connectivity index (χ3n) is 0. The van der Waals surface area contributed by atoms with Gasteiger partial charge in [-0.25, -0.2) is 0 Å². The van der Waals surface area contributed by atoms with E-state index in [9.17, 15) is 0 Å². The Labute approximate surface area is 50.1 Å². The van der Waals surface area contributed by atoms with Crippen LogP contribution in [0.15, 0.2) is 0 Å². The Morgan fingerprint density at radius 1 is 0.286 bits per heavy atom. The predicted octanol–water partition coefficient (Wildman–Crippen LogP) is -18.0. The molecule has 0 rings (SSSR count). The minimum atomic E-state index is 0. The van der Waals surface area contributed by atoms with Crippen molar-refractivity contribution >= 4 is 0 Å². The summed E-state index contributed by atoms with van der Waals surface area (Å²) in [5.41, 5.74) is 0. The van der Waals surface area contributed by atoms with Crippen molar-refractivity contribution in [3.8, 4) is 0 Å². The first-order chi connectivity index (χ1) is 0. The van der Waals surface area contributed by atoms with Gasteiger partial charge in [-0.3, -0.25) is 0 Å². The molecule has 0 saturated heterocycles. The van der Waals surface area contributed by atoms with Crippen molar-refractivity contribution in [2.75, 3.05) is 0 Å². The molecule has 0 amide bonds. The Balaban J connectivity index is 0. The van der Waals surface area contributed by atoms with Gasteiger partial charge in [-0.05, 0) is 0 Å². The van der Waals surface area contributed by atoms with E-state index in [1.807, 2.05) is 0 Å². The molecule has 0 aromatic rings. The molecule has 0 aliphatic carbocycles. The van der Waals surface area contributed by atoms with Gasteiger partial charge >= 0.3 is 21.1 Å². The fourth-order valence-electron chi connectivity index (χ4n) is 0. The monoisotopic (exact) mass is 212 g/mol. The number of rotatable bonds is 0. The van der Waals surface area contributed by atoms with Crippen molar-refractivity contribution in [2.24, 2.45) is 0 Å². The Hall–Kier alpha value is 0.268. The van der Waals surface area contributed by atoms with Gasteiger partial charge in [-0.2, -0.15) is 0 Å². The number of halogens is 6. The molecule has 0 aliphatic heterocycles. The Morgan fingerprint density at radius 2 is 0.286 bits per heavy atom. The molecule has 0 spiro atoms. The van der Waals surface area contributed by atoms with Crippen LogP contribution in [0.2, 0.25) is 0 Å². The average Bonchev–Trinajstić information content (AvgIpc) is 0. The molecule has 0 heterocycles. The van der Waals surface area contributed by atoms with Crippen LogP contribution in [0.1, 0.15) is 0 Å². The summed E-state index contributed by atoms with van der Waals surface area (Å²) in [7, 11) is 0. The first-order valence-electron chi connectivity index (χ1n) is 0. The standard InChI is InChI=1S/6FH.Mo/h6*1H;/q;;;;;;+6/p-6. The predicted molar refractivity (Wildman–Crippen MR) is 0 cm³/mol. The second-order valence-corrected chi connectivity index (χ2v) is 0. The van der Waals surface area contributed by atoms with E-state index in [1.165, 1.54) is 0 Å². The normalized spacial score (nSPS) is 0. The van der Waals surface area contributed by atoms with Crippen LogP contribution < -0.4 is 28.2 Å². The van der Waals surface area contributed by atoms with Crippen LogP contribution in [-0.2, 0) is 21.1 Å². The van der Waals surface area contributed by atoms with Crippen LogP contribution in [0.4, 0.5) is 0 Å². The van der Waals surface area contributed by atoms with Gasteiger partial charge in [0, 0.05) is 0 Å². The molecule has 0 aromatic heterocycles. The zero-order chi connectivity index (χ0) is 0. The van der Waals surface area contributed by atoms with E-state index < -0.39 is 0 Å². The minimum absolute atomic E-state index is 0. The average molecular weight is 210 g/mol. The third kappa shape index (κ3) is 1590. The molecule has 0 unspecified atom stereocenters. The summed E-state index contributed by atoms with van der Waals surface area (Å²) in [6.45, 7) is 0. The molecule has 7 heteroatoms. The van der Waals surface area contributed by atoms with Crippen molar-refractivity contribution in [3.63, 3.8) is 0 Å². The summed E-state index contributed by atoms with van der Waals surface area (Å²) >= 11 is 0. The molecular weight excluding hydrogens is 210 g/mol. The van der Waals surface area contributed by atoms with Crippen molar-refractivity contribution in [1.82, 2.24) is 0 Å². The van der Waals surface area contributed by atoms with Gasteiger partial charge in [0.15, 0.2) is 0 Å². The molecule has 0 atom stereocenters. The molecule has 0 bridgehead atoms. The maximum atomic E-state index is 0. The molecular formula is F6Mo. The molecule has 0 nitrogen and oxygen atoms in total. The summed E-state index contributed by atoms with van der Waals surface area (Å²) in [5, 5.41) is 0. The van der Waals surface area contributed by atoms with E-state index in [0.29, 0.717) is 0 Å². The first-order valence-corrected chi connectivity index (χ1v) is 0. The van der Waals surface area contributed by atoms with Gasteiger partial charge in [0.25, 0.3) is 0 Å². The third-order valence-corrected chi connectivity index (χ3v) is 0. The second-order valence-electron chi connectivity index (χ2n) is 0. The van der Waals surface area contributed by atoms with E-state index in [0.717, 1.165) is 0 Å². The second kappa shape index (κ2) is 2420. The Bertz CT molecular complexity index is 4.14. The van der Waals surface area contributed by atoms with Crippen LogP contribution in [0.3, 0.4) is 0 Å². The molecule has 0 radical (unpaired) electrons. The first kappa shape index (κ1) is 3970.